The van der Waals surface area contributed by atoms with Crippen molar-refractivity contribution in [3.63, 3.8) is 0 Å². The lowest BCUT2D eigenvalue weighted by atomic mass is 10.1. The monoisotopic (exact) mass is 404 g/mol. The molecule has 0 spiro atoms. The second-order valence-corrected chi connectivity index (χ2v) is 7.83. The molecule has 7 nitrogen and oxygen atoms in total. The van der Waals surface area contributed by atoms with Gasteiger partial charge in [-0.1, -0.05) is 0 Å². The number of pyridine rings is 2. The number of hydrogen-bond acceptors (Lipinski definition) is 6. The number of rotatable bonds is 6. The van der Waals surface area contributed by atoms with Crippen LogP contribution in [0, 0.1) is 6.92 Å². The molecule has 0 saturated carbocycles. The molecule has 1 aliphatic heterocycles. The van der Waals surface area contributed by atoms with Gasteiger partial charge in [0.1, 0.15) is 5.82 Å². The molecular formula is C23H28N6O. The molecule has 1 fully saturated rings. The number of aromatic nitrogens is 2. The minimum absolute atomic E-state index is 0.0666. The highest BCUT2D eigenvalue weighted by Gasteiger charge is 2.16. The van der Waals surface area contributed by atoms with Gasteiger partial charge in [-0.25, -0.2) is 4.98 Å². The van der Waals surface area contributed by atoms with E-state index in [9.17, 15) is 4.79 Å². The average molecular weight is 405 g/mol. The molecule has 1 aliphatic rings. The zero-order valence-electron chi connectivity index (χ0n) is 17.6. The molecule has 0 bridgehead atoms. The molecular weight excluding hydrogens is 376 g/mol. The van der Waals surface area contributed by atoms with Crippen molar-refractivity contribution >= 4 is 28.3 Å². The number of piperazine rings is 1. The summed E-state index contributed by atoms with van der Waals surface area (Å²) in [6.07, 6.45) is 3.50. The number of hydrogen-bond donors (Lipinski definition) is 2. The maximum Gasteiger partial charge on any atom is 0.238 e. The Balaban J connectivity index is 1.39. The van der Waals surface area contributed by atoms with Crippen LogP contribution in [0.4, 0.5) is 11.5 Å². The van der Waals surface area contributed by atoms with Gasteiger partial charge < -0.3 is 20.4 Å². The highest BCUT2D eigenvalue weighted by Crippen LogP contribution is 2.26. The Kier molecular flexibility index (Phi) is 6.21. The first-order valence-corrected chi connectivity index (χ1v) is 10.3. The number of likely N-dealkylation sites (N-methyl/N-ethyl adjacent to an activating group) is 1. The summed E-state index contributed by atoms with van der Waals surface area (Å²) in [5.74, 6) is 0.966. The van der Waals surface area contributed by atoms with Crippen molar-refractivity contribution < 1.29 is 4.79 Å². The number of fused-ring (bicyclic) bond motifs is 1. The smallest absolute Gasteiger partial charge is 0.238 e. The molecule has 1 saturated heterocycles. The number of carbonyl (C=O) groups excluding carboxylic acids is 1. The summed E-state index contributed by atoms with van der Waals surface area (Å²) in [6, 6.07) is 11.9. The molecule has 1 aromatic carbocycles. The van der Waals surface area contributed by atoms with Crippen LogP contribution in [0.1, 0.15) is 11.1 Å². The van der Waals surface area contributed by atoms with Gasteiger partial charge in [-0.05, 0) is 61.5 Å². The summed E-state index contributed by atoms with van der Waals surface area (Å²) in [6.45, 7) is 7.08. The minimum atomic E-state index is -0.0666. The van der Waals surface area contributed by atoms with E-state index in [1.54, 1.807) is 12.4 Å². The minimum Gasteiger partial charge on any atom is -0.354 e. The maximum atomic E-state index is 12.3. The Morgan fingerprint density at radius 3 is 2.60 bits per heavy atom. The van der Waals surface area contributed by atoms with E-state index in [2.05, 4.69) is 45.5 Å². The number of amides is 1. The first-order valence-electron chi connectivity index (χ1n) is 10.3. The first-order chi connectivity index (χ1) is 14.6. The SMILES string of the molecule is Cc1cc(N2CCN(C)CC2)nc2ccc(NC(=O)CNCc3ccncc3)cc12. The molecule has 3 aromatic rings. The molecule has 7 heteroatoms. The summed E-state index contributed by atoms with van der Waals surface area (Å²) >= 11 is 0. The van der Waals surface area contributed by atoms with Gasteiger partial charge in [-0.2, -0.15) is 0 Å². The number of anilines is 2. The van der Waals surface area contributed by atoms with Crippen molar-refractivity contribution in [1.29, 1.82) is 0 Å². The van der Waals surface area contributed by atoms with Crippen molar-refractivity contribution in [2.75, 3.05) is 50.0 Å². The van der Waals surface area contributed by atoms with Crippen molar-refractivity contribution in [1.82, 2.24) is 20.2 Å². The van der Waals surface area contributed by atoms with Crippen molar-refractivity contribution in [2.24, 2.45) is 0 Å². The summed E-state index contributed by atoms with van der Waals surface area (Å²) in [4.78, 5) is 25.8. The van der Waals surface area contributed by atoms with Gasteiger partial charge in [0.15, 0.2) is 0 Å². The third kappa shape index (κ3) is 4.93. The fourth-order valence-corrected chi connectivity index (χ4v) is 3.68. The number of nitrogens with zero attached hydrogens (tertiary/aromatic N) is 4. The molecule has 0 atom stereocenters. The molecule has 0 aliphatic carbocycles. The number of benzene rings is 1. The van der Waals surface area contributed by atoms with E-state index in [-0.39, 0.29) is 12.5 Å². The number of carbonyl (C=O) groups is 1. The Morgan fingerprint density at radius 2 is 1.83 bits per heavy atom. The molecule has 0 radical (unpaired) electrons. The van der Waals surface area contributed by atoms with Crippen LogP contribution >= 0.6 is 0 Å². The molecule has 2 N–H and O–H groups in total. The highest BCUT2D eigenvalue weighted by molar-refractivity contribution is 5.95. The van der Waals surface area contributed by atoms with Crippen LogP contribution in [0.2, 0.25) is 0 Å². The summed E-state index contributed by atoms with van der Waals surface area (Å²) < 4.78 is 0. The lowest BCUT2D eigenvalue weighted by molar-refractivity contribution is -0.115. The third-order valence-corrected chi connectivity index (χ3v) is 5.48. The van der Waals surface area contributed by atoms with E-state index >= 15 is 0 Å². The maximum absolute atomic E-state index is 12.3. The number of nitrogens with one attached hydrogen (secondary N) is 2. The van der Waals surface area contributed by atoms with Gasteiger partial charge >= 0.3 is 0 Å². The summed E-state index contributed by atoms with van der Waals surface area (Å²) in [7, 11) is 2.15. The van der Waals surface area contributed by atoms with Gasteiger partial charge in [0.05, 0.1) is 12.1 Å². The zero-order chi connectivity index (χ0) is 20.9. The predicted molar refractivity (Wildman–Crippen MR) is 121 cm³/mol. The Hall–Kier alpha value is -3.03. The Morgan fingerprint density at radius 1 is 1.07 bits per heavy atom. The topological polar surface area (TPSA) is 73.4 Å². The van der Waals surface area contributed by atoms with Crippen molar-refractivity contribution in [3.05, 3.63) is 59.9 Å². The average Bonchev–Trinajstić information content (AvgIpc) is 2.75. The predicted octanol–water partition coefficient (Wildman–Crippen LogP) is 2.42. The molecule has 30 heavy (non-hydrogen) atoms. The molecule has 2 aromatic heterocycles. The molecule has 156 valence electrons. The van der Waals surface area contributed by atoms with Gasteiger partial charge in [0.2, 0.25) is 5.91 Å². The van der Waals surface area contributed by atoms with Gasteiger partial charge in [0.25, 0.3) is 0 Å². The number of aryl methyl sites for hydroxylation is 1. The lowest BCUT2D eigenvalue weighted by Crippen LogP contribution is -2.44. The van der Waals surface area contributed by atoms with E-state index in [1.807, 2.05) is 30.3 Å². The third-order valence-electron chi connectivity index (χ3n) is 5.48. The fourth-order valence-electron chi connectivity index (χ4n) is 3.68. The van der Waals surface area contributed by atoms with Crippen molar-refractivity contribution in [2.45, 2.75) is 13.5 Å². The standard InChI is InChI=1S/C23H28N6O/c1-17-13-22(29-11-9-28(2)10-12-29)27-21-4-3-19(14-20(17)21)26-23(30)16-25-15-18-5-7-24-8-6-18/h3-8,13-14,25H,9-12,15-16H2,1-2H3,(H,26,30). The summed E-state index contributed by atoms with van der Waals surface area (Å²) in [5, 5.41) is 7.19. The van der Waals surface area contributed by atoms with Crippen LogP contribution in [0.5, 0.6) is 0 Å². The highest BCUT2D eigenvalue weighted by atomic mass is 16.1. The fraction of sp³-hybridized carbons (Fsp3) is 0.348. The van der Waals surface area contributed by atoms with E-state index in [4.69, 9.17) is 4.98 Å². The van der Waals surface area contributed by atoms with Gasteiger partial charge in [-0.15, -0.1) is 0 Å². The van der Waals surface area contributed by atoms with Crippen LogP contribution in [-0.2, 0) is 11.3 Å². The largest absolute Gasteiger partial charge is 0.354 e. The van der Waals surface area contributed by atoms with Crippen molar-refractivity contribution in [3.8, 4) is 0 Å². The van der Waals surface area contributed by atoms with Crippen LogP contribution in [-0.4, -0.2) is 60.5 Å². The molecule has 3 heterocycles. The second-order valence-electron chi connectivity index (χ2n) is 7.83. The van der Waals surface area contributed by atoms with E-state index in [1.165, 1.54) is 5.56 Å². The Bertz CT molecular complexity index is 1010. The molecule has 4 rings (SSSR count). The second kappa shape index (κ2) is 9.19. The quantitative estimate of drug-likeness (QED) is 0.657. The summed E-state index contributed by atoms with van der Waals surface area (Å²) in [5.41, 5.74) is 4.01. The first kappa shape index (κ1) is 20.3. The van der Waals surface area contributed by atoms with Crippen LogP contribution in [0.3, 0.4) is 0 Å². The van der Waals surface area contributed by atoms with Gasteiger partial charge in [0, 0.05) is 56.2 Å². The molecule has 0 unspecified atom stereocenters. The molecule has 1 amide bonds. The Labute approximate surface area is 177 Å². The van der Waals surface area contributed by atoms with E-state index in [0.29, 0.717) is 6.54 Å². The van der Waals surface area contributed by atoms with Crippen LogP contribution in [0.15, 0.2) is 48.8 Å². The van der Waals surface area contributed by atoms with Crippen LogP contribution in [0.25, 0.3) is 10.9 Å². The van der Waals surface area contributed by atoms with Gasteiger partial charge in [-0.3, -0.25) is 9.78 Å². The van der Waals surface area contributed by atoms with Crippen LogP contribution < -0.4 is 15.5 Å². The normalized spacial score (nSPS) is 14.8. The zero-order valence-corrected chi connectivity index (χ0v) is 17.6. The van der Waals surface area contributed by atoms with E-state index < -0.39 is 0 Å². The van der Waals surface area contributed by atoms with E-state index in [0.717, 1.165) is 54.2 Å². The lowest BCUT2D eigenvalue weighted by Gasteiger charge is -2.33.